The largest absolute Gasteiger partial charge is 0.478 e. The summed E-state index contributed by atoms with van der Waals surface area (Å²) < 4.78 is 2.01. The number of carboxylic acids is 1. The van der Waals surface area contributed by atoms with Crippen molar-refractivity contribution in [1.82, 2.24) is 4.57 Å². The molecule has 2 N–H and O–H groups in total. The first-order chi connectivity index (χ1) is 9.24. The zero-order chi connectivity index (χ0) is 13.7. The number of aryl methyl sites for hydroxylation is 1. The highest BCUT2D eigenvalue weighted by Gasteiger charge is 2.11. The van der Waals surface area contributed by atoms with Gasteiger partial charge in [-0.15, -0.1) is 0 Å². The molecule has 1 aromatic heterocycles. The highest BCUT2D eigenvalue weighted by molar-refractivity contribution is 6.02. The lowest BCUT2D eigenvalue weighted by molar-refractivity contribution is 0.0698. The minimum atomic E-state index is -0.883. The minimum absolute atomic E-state index is 0.246. The van der Waals surface area contributed by atoms with Crippen molar-refractivity contribution in [2.45, 2.75) is 32.2 Å². The molecule has 0 saturated carbocycles. The van der Waals surface area contributed by atoms with Gasteiger partial charge in [0.05, 0.1) is 11.1 Å². The number of aliphatic hydroxyl groups is 1. The van der Waals surface area contributed by atoms with Gasteiger partial charge in [-0.1, -0.05) is 25.0 Å². The predicted octanol–water partition coefficient (Wildman–Crippen LogP) is 2.89. The second-order valence-corrected chi connectivity index (χ2v) is 4.70. The van der Waals surface area contributed by atoms with E-state index in [1.165, 1.54) is 0 Å². The maximum atomic E-state index is 11.2. The lowest BCUT2D eigenvalue weighted by Gasteiger charge is -2.07. The molecule has 1 aromatic carbocycles. The van der Waals surface area contributed by atoms with Gasteiger partial charge in [0.2, 0.25) is 0 Å². The minimum Gasteiger partial charge on any atom is -0.478 e. The number of benzene rings is 1. The molecule has 0 atom stereocenters. The van der Waals surface area contributed by atoms with Gasteiger partial charge in [-0.25, -0.2) is 4.79 Å². The van der Waals surface area contributed by atoms with Crippen molar-refractivity contribution in [2.75, 3.05) is 6.61 Å². The molecule has 0 bridgehead atoms. The first-order valence-electron chi connectivity index (χ1n) is 6.66. The van der Waals surface area contributed by atoms with Crippen LogP contribution in [0.1, 0.15) is 36.0 Å². The average Bonchev–Trinajstić information content (AvgIpc) is 2.81. The third kappa shape index (κ3) is 3.15. The molecular formula is C15H19NO3. The number of para-hydroxylation sites is 1. The van der Waals surface area contributed by atoms with Crippen LogP contribution in [0, 0.1) is 0 Å². The fourth-order valence-electron chi connectivity index (χ4n) is 2.37. The van der Waals surface area contributed by atoms with Crippen molar-refractivity contribution in [2.24, 2.45) is 0 Å². The SMILES string of the molecule is O=C(O)c1cccc2ccn(CCCCCCO)c12. The van der Waals surface area contributed by atoms with Crippen LogP contribution in [0.25, 0.3) is 10.9 Å². The Morgan fingerprint density at radius 1 is 1.11 bits per heavy atom. The smallest absolute Gasteiger partial charge is 0.337 e. The number of hydrogen-bond acceptors (Lipinski definition) is 2. The molecule has 102 valence electrons. The van der Waals surface area contributed by atoms with E-state index in [0.29, 0.717) is 5.56 Å². The number of aliphatic hydroxyl groups excluding tert-OH is 1. The first-order valence-corrected chi connectivity index (χ1v) is 6.66. The van der Waals surface area contributed by atoms with Gasteiger partial charge < -0.3 is 14.8 Å². The quantitative estimate of drug-likeness (QED) is 0.753. The van der Waals surface area contributed by atoms with Crippen LogP contribution in [0.3, 0.4) is 0 Å². The van der Waals surface area contributed by atoms with Crippen LogP contribution in [-0.4, -0.2) is 27.4 Å². The van der Waals surface area contributed by atoms with E-state index in [1.807, 2.05) is 22.9 Å². The topological polar surface area (TPSA) is 62.5 Å². The number of aromatic carboxylic acids is 1. The molecule has 0 unspecified atom stereocenters. The Bertz CT molecular complexity index is 560. The Kier molecular flexibility index (Phi) is 4.58. The van der Waals surface area contributed by atoms with Crippen LogP contribution >= 0.6 is 0 Å². The Labute approximate surface area is 112 Å². The molecule has 0 saturated heterocycles. The number of carboxylic acid groups (broad SMARTS) is 1. The van der Waals surface area contributed by atoms with Gasteiger partial charge in [-0.3, -0.25) is 0 Å². The summed E-state index contributed by atoms with van der Waals surface area (Å²) >= 11 is 0. The summed E-state index contributed by atoms with van der Waals surface area (Å²) in [4.78, 5) is 11.2. The fraction of sp³-hybridized carbons (Fsp3) is 0.400. The average molecular weight is 261 g/mol. The standard InChI is InChI=1S/C15H19NO3/c17-11-4-2-1-3-9-16-10-8-12-6-5-7-13(14(12)16)15(18)19/h5-8,10,17H,1-4,9,11H2,(H,18,19). The van der Waals surface area contributed by atoms with E-state index in [0.717, 1.165) is 43.1 Å². The highest BCUT2D eigenvalue weighted by atomic mass is 16.4. The van der Waals surface area contributed by atoms with Gasteiger partial charge in [0.1, 0.15) is 0 Å². The zero-order valence-corrected chi connectivity index (χ0v) is 10.9. The molecule has 1 heterocycles. The summed E-state index contributed by atoms with van der Waals surface area (Å²) in [6.45, 7) is 1.06. The van der Waals surface area contributed by atoms with Gasteiger partial charge >= 0.3 is 5.97 Å². The van der Waals surface area contributed by atoms with Gasteiger partial charge in [0.25, 0.3) is 0 Å². The molecule has 2 rings (SSSR count). The third-order valence-corrected chi connectivity index (χ3v) is 3.33. The lowest BCUT2D eigenvalue weighted by atomic mass is 10.1. The van der Waals surface area contributed by atoms with Gasteiger partial charge in [-0.2, -0.15) is 0 Å². The molecule has 0 aliphatic heterocycles. The summed E-state index contributed by atoms with van der Waals surface area (Å²) in [6, 6.07) is 7.31. The Morgan fingerprint density at radius 2 is 1.89 bits per heavy atom. The molecule has 4 heteroatoms. The maximum Gasteiger partial charge on any atom is 0.337 e. The van der Waals surface area contributed by atoms with Crippen LogP contribution in [0.15, 0.2) is 30.5 Å². The summed E-state index contributed by atoms with van der Waals surface area (Å²) in [5.41, 5.74) is 1.16. The molecule has 0 spiro atoms. The van der Waals surface area contributed by atoms with E-state index < -0.39 is 5.97 Å². The van der Waals surface area contributed by atoms with E-state index >= 15 is 0 Å². The van der Waals surface area contributed by atoms with Crippen molar-refractivity contribution >= 4 is 16.9 Å². The van der Waals surface area contributed by atoms with Crippen molar-refractivity contribution in [3.63, 3.8) is 0 Å². The third-order valence-electron chi connectivity index (χ3n) is 3.33. The van der Waals surface area contributed by atoms with Gasteiger partial charge in [-0.05, 0) is 25.0 Å². The zero-order valence-electron chi connectivity index (χ0n) is 10.9. The number of unbranched alkanes of at least 4 members (excludes halogenated alkanes) is 3. The second kappa shape index (κ2) is 6.38. The van der Waals surface area contributed by atoms with Crippen molar-refractivity contribution in [1.29, 1.82) is 0 Å². The van der Waals surface area contributed by atoms with E-state index in [4.69, 9.17) is 5.11 Å². The lowest BCUT2D eigenvalue weighted by Crippen LogP contribution is -2.03. The molecule has 0 fully saturated rings. The van der Waals surface area contributed by atoms with Crippen LogP contribution in [-0.2, 0) is 6.54 Å². The first kappa shape index (κ1) is 13.6. The second-order valence-electron chi connectivity index (χ2n) is 4.70. The molecule has 2 aromatic rings. The molecule has 0 aliphatic rings. The van der Waals surface area contributed by atoms with E-state index in [9.17, 15) is 9.90 Å². The normalized spacial score (nSPS) is 11.0. The van der Waals surface area contributed by atoms with Crippen LogP contribution in [0.4, 0.5) is 0 Å². The van der Waals surface area contributed by atoms with E-state index in [-0.39, 0.29) is 6.61 Å². The van der Waals surface area contributed by atoms with Crippen molar-refractivity contribution in [3.8, 4) is 0 Å². The predicted molar refractivity (Wildman–Crippen MR) is 74.5 cm³/mol. The molecule has 4 nitrogen and oxygen atoms in total. The Morgan fingerprint density at radius 3 is 2.63 bits per heavy atom. The molecule has 19 heavy (non-hydrogen) atoms. The fourth-order valence-corrected chi connectivity index (χ4v) is 2.37. The Balaban J connectivity index is 2.12. The van der Waals surface area contributed by atoms with Crippen molar-refractivity contribution in [3.05, 3.63) is 36.0 Å². The van der Waals surface area contributed by atoms with E-state index in [2.05, 4.69) is 0 Å². The summed E-state index contributed by atoms with van der Waals surface area (Å²) in [5, 5.41) is 18.9. The van der Waals surface area contributed by atoms with Crippen LogP contribution < -0.4 is 0 Å². The van der Waals surface area contributed by atoms with Gasteiger partial charge in [0, 0.05) is 24.7 Å². The van der Waals surface area contributed by atoms with Crippen LogP contribution in [0.5, 0.6) is 0 Å². The maximum absolute atomic E-state index is 11.2. The number of aromatic nitrogens is 1. The summed E-state index contributed by atoms with van der Waals surface area (Å²) in [6.07, 6.45) is 5.85. The number of nitrogens with zero attached hydrogens (tertiary/aromatic N) is 1. The summed E-state index contributed by atoms with van der Waals surface area (Å²) in [5.74, 6) is -0.883. The molecule has 0 aliphatic carbocycles. The molecule has 0 amide bonds. The molecular weight excluding hydrogens is 242 g/mol. The monoisotopic (exact) mass is 261 g/mol. The van der Waals surface area contributed by atoms with Crippen molar-refractivity contribution < 1.29 is 15.0 Å². The summed E-state index contributed by atoms with van der Waals surface area (Å²) in [7, 11) is 0. The number of rotatable bonds is 7. The number of carbonyl (C=O) groups is 1. The highest BCUT2D eigenvalue weighted by Crippen LogP contribution is 2.21. The van der Waals surface area contributed by atoms with Crippen LogP contribution in [0.2, 0.25) is 0 Å². The Hall–Kier alpha value is -1.81. The number of hydrogen-bond donors (Lipinski definition) is 2. The van der Waals surface area contributed by atoms with E-state index in [1.54, 1.807) is 12.1 Å². The number of fused-ring (bicyclic) bond motifs is 1. The molecule has 0 radical (unpaired) electrons. The van der Waals surface area contributed by atoms with Gasteiger partial charge in [0.15, 0.2) is 0 Å².